The lowest BCUT2D eigenvalue weighted by Crippen LogP contribution is -2.60. The van der Waals surface area contributed by atoms with E-state index in [-0.39, 0.29) is 17.5 Å². The number of hydrogen-bond acceptors (Lipinski definition) is 3. The van der Waals surface area contributed by atoms with E-state index in [0.29, 0.717) is 0 Å². The molecule has 0 radical (unpaired) electrons. The Kier molecular flexibility index (Phi) is 9.41. The molecule has 344 valence electrons. The lowest BCUT2D eigenvalue weighted by molar-refractivity contribution is 0.590. The topological polar surface area (TPSA) is 6.48 Å². The van der Waals surface area contributed by atoms with Crippen LogP contribution >= 0.6 is 11.3 Å². The zero-order chi connectivity index (χ0) is 48.6. The second-order valence-corrected chi connectivity index (χ2v) is 23.2. The molecule has 0 amide bonds. The fourth-order valence-electron chi connectivity index (χ4n) is 12.1. The van der Waals surface area contributed by atoms with Gasteiger partial charge < -0.3 is 9.80 Å². The van der Waals surface area contributed by atoms with E-state index in [9.17, 15) is 0 Å². The van der Waals surface area contributed by atoms with Crippen molar-refractivity contribution in [1.82, 2.24) is 0 Å². The third kappa shape index (κ3) is 6.55. The summed E-state index contributed by atoms with van der Waals surface area (Å²) >= 11 is 1.96. The highest BCUT2D eigenvalue weighted by atomic mass is 32.1. The second kappa shape index (κ2) is 15.8. The van der Waals surface area contributed by atoms with Gasteiger partial charge in [0, 0.05) is 43.2 Å². The van der Waals surface area contributed by atoms with Crippen LogP contribution in [0.3, 0.4) is 0 Å². The van der Waals surface area contributed by atoms with Crippen LogP contribution in [0.5, 0.6) is 0 Å². The van der Waals surface area contributed by atoms with E-state index in [0.717, 1.165) is 5.69 Å². The first-order valence-electron chi connectivity index (χ1n) is 25.4. The predicted octanol–water partition coefficient (Wildman–Crippen LogP) is 17.5. The van der Waals surface area contributed by atoms with Crippen molar-refractivity contribution in [1.29, 1.82) is 0 Å². The molecule has 2 aliphatic heterocycles. The number of anilines is 6. The van der Waals surface area contributed by atoms with Gasteiger partial charge in [-0.25, -0.2) is 0 Å². The van der Waals surface area contributed by atoms with E-state index in [1.807, 2.05) is 11.3 Å². The molecule has 0 atom stereocenters. The summed E-state index contributed by atoms with van der Waals surface area (Å²) in [5, 5.41) is 9.05. The average molecular weight is 941 g/mol. The molecule has 14 rings (SSSR count). The molecule has 0 saturated carbocycles. The Balaban J connectivity index is 1.09. The molecule has 0 bridgehead atoms. The Bertz CT molecular complexity index is 4100. The van der Waals surface area contributed by atoms with Crippen molar-refractivity contribution in [2.75, 3.05) is 9.80 Å². The number of nitrogens with zero attached hydrogens (tertiary/aromatic N) is 2. The van der Waals surface area contributed by atoms with Crippen molar-refractivity contribution in [3.63, 3.8) is 0 Å². The first-order valence-corrected chi connectivity index (χ1v) is 26.3. The summed E-state index contributed by atoms with van der Waals surface area (Å²) in [7, 11) is 0. The molecule has 0 saturated heterocycles. The van der Waals surface area contributed by atoms with Crippen LogP contribution in [0.2, 0.25) is 0 Å². The van der Waals surface area contributed by atoms with E-state index < -0.39 is 0 Å². The van der Waals surface area contributed by atoms with Crippen LogP contribution in [0.15, 0.2) is 212 Å². The van der Waals surface area contributed by atoms with Gasteiger partial charge in [-0.3, -0.25) is 0 Å². The Morgan fingerprint density at radius 2 is 0.972 bits per heavy atom. The van der Waals surface area contributed by atoms with Crippen molar-refractivity contribution < 1.29 is 0 Å². The van der Waals surface area contributed by atoms with Crippen LogP contribution in [0, 0.1) is 0 Å². The van der Waals surface area contributed by atoms with Crippen LogP contribution in [-0.2, 0) is 10.8 Å². The van der Waals surface area contributed by atoms with Gasteiger partial charge in [0.05, 0.1) is 11.4 Å². The van der Waals surface area contributed by atoms with Crippen molar-refractivity contribution >= 4 is 110 Å². The van der Waals surface area contributed by atoms with E-state index in [1.54, 1.807) is 0 Å². The maximum Gasteiger partial charge on any atom is 0.264 e. The summed E-state index contributed by atoms with van der Waals surface area (Å²) in [6, 6.07) is 80.7. The minimum Gasteiger partial charge on any atom is -0.311 e. The third-order valence-corrected chi connectivity index (χ3v) is 16.9. The first-order chi connectivity index (χ1) is 35.0. The van der Waals surface area contributed by atoms with Gasteiger partial charge in [0.15, 0.2) is 0 Å². The molecule has 0 spiro atoms. The lowest BCUT2D eigenvalue weighted by atomic mass is 9.36. The van der Waals surface area contributed by atoms with Crippen molar-refractivity contribution in [2.45, 2.75) is 52.4 Å². The van der Waals surface area contributed by atoms with Crippen molar-refractivity contribution in [3.8, 4) is 33.4 Å². The molecule has 12 aromatic rings. The number of benzene rings is 11. The standard InChI is InChI=1S/C68H53BN2S/c1-67(2,3)49-29-32-51(33-30-49)70-58-36-27-48(43-17-11-8-12-18-43)40-56(58)69-64-59(70)21-14-22-60(64)71(65-55-39-47(42-15-9-7-10-16-42)28-38-61(55)72-66(65)69)57-37-31-50(68(4,5)6)41-54(57)52-34-25-46-24-23-44-19-13-20-45-26-35-53(52)63(46)62(44)45/h7-41H,1-6H3. The molecule has 11 aromatic carbocycles. The van der Waals surface area contributed by atoms with Crippen LogP contribution in [0.4, 0.5) is 34.1 Å². The molecule has 2 nitrogen and oxygen atoms in total. The second-order valence-electron chi connectivity index (χ2n) is 22.1. The minimum atomic E-state index is -0.0794. The van der Waals surface area contributed by atoms with E-state index in [2.05, 4.69) is 264 Å². The van der Waals surface area contributed by atoms with Gasteiger partial charge in [0.25, 0.3) is 6.71 Å². The molecule has 4 heteroatoms. The van der Waals surface area contributed by atoms with Gasteiger partial charge in [-0.05, 0) is 148 Å². The molecule has 0 N–H and O–H groups in total. The fourth-order valence-corrected chi connectivity index (χ4v) is 13.4. The molecular weight excluding hydrogens is 888 g/mol. The minimum absolute atomic E-state index is 0.0179. The highest BCUT2D eigenvalue weighted by Gasteiger charge is 2.46. The summed E-state index contributed by atoms with van der Waals surface area (Å²) in [4.78, 5) is 5.21. The van der Waals surface area contributed by atoms with Gasteiger partial charge in [-0.15, -0.1) is 11.3 Å². The Labute approximate surface area is 426 Å². The number of rotatable bonds is 5. The summed E-state index contributed by atoms with van der Waals surface area (Å²) in [5.74, 6) is 0. The van der Waals surface area contributed by atoms with Gasteiger partial charge in [0.1, 0.15) is 0 Å². The third-order valence-electron chi connectivity index (χ3n) is 15.7. The smallest absolute Gasteiger partial charge is 0.264 e. The Morgan fingerprint density at radius 3 is 1.67 bits per heavy atom. The van der Waals surface area contributed by atoms with Gasteiger partial charge in [-0.1, -0.05) is 199 Å². The van der Waals surface area contributed by atoms with Crippen molar-refractivity contribution in [2.24, 2.45) is 0 Å². The summed E-state index contributed by atoms with van der Waals surface area (Å²) in [5.41, 5.74) is 19.9. The Morgan fingerprint density at radius 1 is 0.389 bits per heavy atom. The zero-order valence-corrected chi connectivity index (χ0v) is 42.4. The van der Waals surface area contributed by atoms with Crippen molar-refractivity contribution in [3.05, 3.63) is 223 Å². The number of thiophene rings is 1. The molecule has 0 unspecified atom stereocenters. The fraction of sp³-hybridized carbons (Fsp3) is 0.118. The lowest BCUT2D eigenvalue weighted by Gasteiger charge is -2.43. The maximum absolute atomic E-state index is 2.67. The monoisotopic (exact) mass is 940 g/mol. The molecule has 0 aliphatic carbocycles. The quantitative estimate of drug-likeness (QED) is 0.125. The molecular formula is C68H53BN2S. The Hall–Kier alpha value is -7.92. The summed E-state index contributed by atoms with van der Waals surface area (Å²) < 4.78 is 2.65. The van der Waals surface area contributed by atoms with E-state index in [1.165, 1.54) is 131 Å². The van der Waals surface area contributed by atoms with Crippen LogP contribution in [0.25, 0.3) is 75.8 Å². The van der Waals surface area contributed by atoms with Crippen LogP contribution in [-0.4, -0.2) is 6.71 Å². The highest BCUT2D eigenvalue weighted by molar-refractivity contribution is 7.33. The van der Waals surface area contributed by atoms with E-state index in [4.69, 9.17) is 0 Å². The SMILES string of the molecule is CC(C)(C)c1ccc(N2c3ccc(-c4ccccc4)cc3B3c4sc5ccc(-c6ccccc6)cc5c4N(c4ccc(C(C)(C)C)cc4-c4ccc5ccc6cccc7ccc4c5c67)c4cccc2c43)cc1. The maximum atomic E-state index is 2.67. The highest BCUT2D eigenvalue weighted by Crippen LogP contribution is 2.52. The largest absolute Gasteiger partial charge is 0.311 e. The molecule has 1 aromatic heterocycles. The molecule has 72 heavy (non-hydrogen) atoms. The number of hydrogen-bond donors (Lipinski definition) is 0. The average Bonchev–Trinajstić information content (AvgIpc) is 3.79. The summed E-state index contributed by atoms with van der Waals surface area (Å²) in [6.45, 7) is 13.9. The zero-order valence-electron chi connectivity index (χ0n) is 41.6. The first kappa shape index (κ1) is 42.9. The molecule has 0 fully saturated rings. The van der Waals surface area contributed by atoms with Crippen LogP contribution < -0.4 is 25.5 Å². The van der Waals surface area contributed by atoms with Crippen LogP contribution in [0.1, 0.15) is 52.7 Å². The van der Waals surface area contributed by atoms with Gasteiger partial charge in [-0.2, -0.15) is 0 Å². The van der Waals surface area contributed by atoms with Gasteiger partial charge in [0.2, 0.25) is 0 Å². The molecule has 3 heterocycles. The normalized spacial score (nSPS) is 13.3. The van der Waals surface area contributed by atoms with Gasteiger partial charge >= 0.3 is 0 Å². The number of fused-ring (bicyclic) bond motifs is 6. The molecule has 2 aliphatic rings. The summed E-state index contributed by atoms with van der Waals surface area (Å²) in [6.07, 6.45) is 0. The van der Waals surface area contributed by atoms with E-state index >= 15 is 0 Å². The predicted molar refractivity (Wildman–Crippen MR) is 313 cm³/mol.